The Morgan fingerprint density at radius 3 is 2.33 bits per heavy atom. The predicted octanol–water partition coefficient (Wildman–Crippen LogP) is 2.09. The van der Waals surface area contributed by atoms with E-state index < -0.39 is 29.7 Å². The molecule has 0 fully saturated rings. The molecular formula is C15H13F3N2O4. The van der Waals surface area contributed by atoms with Crippen molar-refractivity contribution in [1.82, 2.24) is 5.32 Å². The van der Waals surface area contributed by atoms with Crippen molar-refractivity contribution in [3.05, 3.63) is 54.0 Å². The van der Waals surface area contributed by atoms with Crippen LogP contribution in [0.2, 0.25) is 0 Å². The largest absolute Gasteiger partial charge is 0.472 e. The minimum atomic E-state index is -4.48. The Bertz CT molecular complexity index is 697. The Hall–Kier alpha value is -2.81. The molecule has 2 aromatic rings. The maximum absolute atomic E-state index is 12.4. The van der Waals surface area contributed by atoms with Crippen LogP contribution in [0.5, 0.6) is 0 Å². The Morgan fingerprint density at radius 1 is 1.12 bits per heavy atom. The summed E-state index contributed by atoms with van der Waals surface area (Å²) in [6, 6.07) is 5.15. The second kappa shape index (κ2) is 7.18. The summed E-state index contributed by atoms with van der Waals surface area (Å²) in [5.74, 6) is -2.09. The van der Waals surface area contributed by atoms with Crippen molar-refractivity contribution >= 4 is 17.5 Å². The maximum Gasteiger partial charge on any atom is 0.416 e. The summed E-state index contributed by atoms with van der Waals surface area (Å²) in [6.07, 6.45) is -2.90. The van der Waals surface area contributed by atoms with Crippen molar-refractivity contribution in [2.75, 3.05) is 11.9 Å². The van der Waals surface area contributed by atoms with Crippen LogP contribution in [0.3, 0.4) is 0 Å². The molecule has 0 spiro atoms. The summed E-state index contributed by atoms with van der Waals surface area (Å²) in [5, 5.41) is 14.1. The quantitative estimate of drug-likeness (QED) is 0.742. The van der Waals surface area contributed by atoms with Gasteiger partial charge in [-0.1, -0.05) is 0 Å². The van der Waals surface area contributed by atoms with E-state index in [1.54, 1.807) is 0 Å². The number of benzene rings is 1. The first-order valence-electron chi connectivity index (χ1n) is 6.74. The lowest BCUT2D eigenvalue weighted by atomic mass is 10.2. The molecule has 1 heterocycles. The van der Waals surface area contributed by atoms with E-state index in [2.05, 4.69) is 10.6 Å². The molecule has 0 aliphatic heterocycles. The van der Waals surface area contributed by atoms with E-state index in [4.69, 9.17) is 4.42 Å². The first-order chi connectivity index (χ1) is 11.3. The number of nitrogens with one attached hydrogen (secondary N) is 2. The van der Waals surface area contributed by atoms with Gasteiger partial charge in [-0.15, -0.1) is 0 Å². The second-order valence-corrected chi connectivity index (χ2v) is 4.81. The lowest BCUT2D eigenvalue weighted by Crippen LogP contribution is -2.37. The zero-order chi connectivity index (χ0) is 17.7. The number of hydrogen-bond donors (Lipinski definition) is 3. The molecule has 0 bridgehead atoms. The van der Waals surface area contributed by atoms with Gasteiger partial charge in [0.25, 0.3) is 0 Å². The van der Waals surface area contributed by atoms with E-state index in [9.17, 15) is 27.9 Å². The third-order valence-corrected chi connectivity index (χ3v) is 3.06. The Labute approximate surface area is 134 Å². The highest BCUT2D eigenvalue weighted by Crippen LogP contribution is 2.29. The molecule has 2 amide bonds. The van der Waals surface area contributed by atoms with Crippen molar-refractivity contribution in [2.24, 2.45) is 0 Å². The zero-order valence-electron chi connectivity index (χ0n) is 12.1. The number of hydrogen-bond acceptors (Lipinski definition) is 4. The molecule has 0 aliphatic carbocycles. The van der Waals surface area contributed by atoms with Gasteiger partial charge in [0.05, 0.1) is 24.2 Å². The normalized spacial score (nSPS) is 12.5. The number of rotatable bonds is 4. The first-order valence-corrected chi connectivity index (χ1v) is 6.74. The standard InChI is InChI=1S/C15H13F3N2O4/c16-15(17,18)10-1-3-11(4-2-10)20-14(23)13(22)19-7-12(21)9-5-6-24-8-9/h1-6,8,12,21H,7H2,(H,19,22)(H,20,23)/t12-/m0/s1. The molecule has 3 N–H and O–H groups in total. The summed E-state index contributed by atoms with van der Waals surface area (Å²) < 4.78 is 42.0. The number of amides is 2. The fourth-order valence-corrected chi connectivity index (χ4v) is 1.78. The number of furan rings is 1. The van der Waals surface area contributed by atoms with Crippen LogP contribution in [0.15, 0.2) is 47.3 Å². The van der Waals surface area contributed by atoms with Crippen molar-refractivity contribution in [3.63, 3.8) is 0 Å². The van der Waals surface area contributed by atoms with Gasteiger partial charge in [0.15, 0.2) is 0 Å². The van der Waals surface area contributed by atoms with Gasteiger partial charge in [0, 0.05) is 17.8 Å². The molecule has 0 radical (unpaired) electrons. The monoisotopic (exact) mass is 342 g/mol. The van der Waals surface area contributed by atoms with E-state index >= 15 is 0 Å². The third kappa shape index (κ3) is 4.59. The molecule has 1 aromatic heterocycles. The van der Waals surface area contributed by atoms with Gasteiger partial charge in [-0.25, -0.2) is 0 Å². The summed E-state index contributed by atoms with van der Waals surface area (Å²) in [5.41, 5.74) is -0.398. The number of carbonyl (C=O) groups is 2. The van der Waals surface area contributed by atoms with Gasteiger partial charge in [0.1, 0.15) is 0 Å². The fraction of sp³-hybridized carbons (Fsp3) is 0.200. The number of anilines is 1. The average molecular weight is 342 g/mol. The fourth-order valence-electron chi connectivity index (χ4n) is 1.78. The van der Waals surface area contributed by atoms with Gasteiger partial charge in [-0.2, -0.15) is 13.2 Å². The van der Waals surface area contributed by atoms with Gasteiger partial charge in [-0.3, -0.25) is 9.59 Å². The molecule has 1 atom stereocenters. The second-order valence-electron chi connectivity index (χ2n) is 4.81. The molecule has 0 saturated heterocycles. The molecular weight excluding hydrogens is 329 g/mol. The Morgan fingerprint density at radius 2 is 1.79 bits per heavy atom. The van der Waals surface area contributed by atoms with Crippen LogP contribution in [0, 0.1) is 0 Å². The topological polar surface area (TPSA) is 91.6 Å². The zero-order valence-corrected chi connectivity index (χ0v) is 12.1. The van der Waals surface area contributed by atoms with Crippen LogP contribution >= 0.6 is 0 Å². The van der Waals surface area contributed by atoms with E-state index in [-0.39, 0.29) is 12.2 Å². The van der Waals surface area contributed by atoms with Crippen LogP contribution in [-0.2, 0) is 15.8 Å². The molecule has 0 aliphatic rings. The molecule has 6 nitrogen and oxygen atoms in total. The van der Waals surface area contributed by atoms with E-state index in [1.165, 1.54) is 18.6 Å². The smallest absolute Gasteiger partial charge is 0.416 e. The van der Waals surface area contributed by atoms with Crippen molar-refractivity contribution in [3.8, 4) is 0 Å². The number of aliphatic hydroxyl groups is 1. The molecule has 128 valence electrons. The highest BCUT2D eigenvalue weighted by atomic mass is 19.4. The minimum absolute atomic E-state index is 0.0403. The minimum Gasteiger partial charge on any atom is -0.472 e. The molecule has 2 rings (SSSR count). The lowest BCUT2D eigenvalue weighted by Gasteiger charge is -2.11. The molecule has 24 heavy (non-hydrogen) atoms. The molecule has 0 saturated carbocycles. The Balaban J connectivity index is 1.86. The van der Waals surface area contributed by atoms with Crippen molar-refractivity contribution < 1.29 is 32.3 Å². The highest BCUT2D eigenvalue weighted by molar-refractivity contribution is 6.39. The average Bonchev–Trinajstić information content (AvgIpc) is 3.06. The number of carbonyl (C=O) groups excluding carboxylic acids is 2. The van der Waals surface area contributed by atoms with E-state index in [1.807, 2.05) is 0 Å². The van der Waals surface area contributed by atoms with Gasteiger partial charge in [0.2, 0.25) is 0 Å². The number of alkyl halides is 3. The van der Waals surface area contributed by atoms with Crippen LogP contribution in [0.1, 0.15) is 17.2 Å². The summed E-state index contributed by atoms with van der Waals surface area (Å²) in [7, 11) is 0. The lowest BCUT2D eigenvalue weighted by molar-refractivity contribution is -0.137. The molecule has 0 unspecified atom stereocenters. The molecule has 1 aromatic carbocycles. The van der Waals surface area contributed by atoms with E-state index in [0.717, 1.165) is 24.3 Å². The predicted molar refractivity (Wildman–Crippen MR) is 76.8 cm³/mol. The summed E-state index contributed by atoms with van der Waals surface area (Å²) in [4.78, 5) is 23.3. The van der Waals surface area contributed by atoms with Crippen LogP contribution in [0.4, 0.5) is 18.9 Å². The Kier molecular flexibility index (Phi) is 5.24. The number of aliphatic hydroxyl groups excluding tert-OH is 1. The van der Waals surface area contributed by atoms with Crippen LogP contribution in [-0.4, -0.2) is 23.5 Å². The summed E-state index contributed by atoms with van der Waals surface area (Å²) >= 11 is 0. The molecule has 9 heteroatoms. The summed E-state index contributed by atoms with van der Waals surface area (Å²) in [6.45, 7) is -0.223. The number of halogens is 3. The van der Waals surface area contributed by atoms with Gasteiger partial charge in [-0.05, 0) is 30.3 Å². The van der Waals surface area contributed by atoms with Gasteiger partial charge >= 0.3 is 18.0 Å². The van der Waals surface area contributed by atoms with Crippen molar-refractivity contribution in [2.45, 2.75) is 12.3 Å². The van der Waals surface area contributed by atoms with Crippen LogP contribution < -0.4 is 10.6 Å². The SMILES string of the molecule is O=C(NC[C@H](O)c1ccoc1)C(=O)Nc1ccc(C(F)(F)F)cc1. The third-order valence-electron chi connectivity index (χ3n) is 3.06. The maximum atomic E-state index is 12.4. The van der Waals surface area contributed by atoms with Gasteiger partial charge < -0.3 is 20.2 Å². The highest BCUT2D eigenvalue weighted by Gasteiger charge is 2.30. The van der Waals surface area contributed by atoms with Crippen molar-refractivity contribution in [1.29, 1.82) is 0 Å². The first kappa shape index (κ1) is 17.5. The van der Waals surface area contributed by atoms with E-state index in [0.29, 0.717) is 5.56 Å². The van der Waals surface area contributed by atoms with Crippen LogP contribution in [0.25, 0.3) is 0 Å².